The molecule has 0 unspecified atom stereocenters. The third-order valence-corrected chi connectivity index (χ3v) is 11.7. The molecule has 0 N–H and O–H groups in total. The van der Waals surface area contributed by atoms with Crippen LogP contribution >= 0.6 is 11.3 Å². The van der Waals surface area contributed by atoms with Crippen LogP contribution in [0.2, 0.25) is 0 Å². The van der Waals surface area contributed by atoms with Crippen LogP contribution in [0.3, 0.4) is 0 Å². The van der Waals surface area contributed by atoms with Crippen molar-refractivity contribution in [2.75, 3.05) is 4.90 Å². The molecule has 0 atom stereocenters. The Morgan fingerprint density at radius 2 is 0.926 bits per heavy atom. The van der Waals surface area contributed by atoms with E-state index in [0.29, 0.717) is 0 Å². The Morgan fingerprint density at radius 1 is 0.315 bits per heavy atom. The van der Waals surface area contributed by atoms with Crippen molar-refractivity contribution >= 4 is 59.3 Å². The largest absolute Gasteiger partial charge is 0.308 e. The molecule has 10 rings (SSSR count). The Bertz CT molecular complexity index is 2940. The lowest BCUT2D eigenvalue weighted by Crippen LogP contribution is -2.11. The first kappa shape index (κ1) is 32.0. The molecule has 0 aliphatic heterocycles. The summed E-state index contributed by atoms with van der Waals surface area (Å²) in [6.07, 6.45) is 0. The smallest absolute Gasteiger partial charge is 0.0640 e. The monoisotopic (exact) mass is 705 g/mol. The van der Waals surface area contributed by atoms with Gasteiger partial charge in [0, 0.05) is 26.7 Å². The molecule has 0 bridgehead atoms. The summed E-state index contributed by atoms with van der Waals surface area (Å²) < 4.78 is 2.56. The molecule has 54 heavy (non-hydrogen) atoms. The van der Waals surface area contributed by atoms with Gasteiger partial charge in [-0.25, -0.2) is 0 Å². The zero-order chi connectivity index (χ0) is 35.8. The normalized spacial score (nSPS) is 11.3. The van der Waals surface area contributed by atoms with Gasteiger partial charge in [0.1, 0.15) is 0 Å². The summed E-state index contributed by atoms with van der Waals surface area (Å²) in [5, 5.41) is 5.07. The molecule has 0 saturated carbocycles. The number of hydrogen-bond acceptors (Lipinski definition) is 2. The molecule has 9 aromatic carbocycles. The Morgan fingerprint density at radius 3 is 1.78 bits per heavy atom. The summed E-state index contributed by atoms with van der Waals surface area (Å²) in [6.45, 7) is 0. The molecule has 0 saturated heterocycles. The van der Waals surface area contributed by atoms with Gasteiger partial charge in [-0.1, -0.05) is 170 Å². The maximum Gasteiger partial charge on any atom is 0.0640 e. The number of rotatable bonds is 7. The quantitative estimate of drug-likeness (QED) is 0.160. The number of hydrogen-bond donors (Lipinski definition) is 0. The molecule has 0 radical (unpaired) electrons. The SMILES string of the molecule is c1ccc(-c2ccc(N(c3ccccc3-c3cccc(-c4ccc5ccccc5c4)c3)c3cccc4c3sc3ccccc34)cc2-c2ccccc2)cc1. The first-order valence-corrected chi connectivity index (χ1v) is 19.2. The molecule has 0 fully saturated rings. The highest BCUT2D eigenvalue weighted by Crippen LogP contribution is 2.48. The molecule has 0 spiro atoms. The Labute approximate surface area is 319 Å². The van der Waals surface area contributed by atoms with Crippen molar-refractivity contribution in [2.45, 2.75) is 0 Å². The average molecular weight is 706 g/mol. The van der Waals surface area contributed by atoms with Gasteiger partial charge in [0.15, 0.2) is 0 Å². The van der Waals surface area contributed by atoms with Crippen molar-refractivity contribution in [2.24, 2.45) is 0 Å². The Kier molecular flexibility index (Phi) is 8.09. The zero-order valence-electron chi connectivity index (χ0n) is 29.6. The molecule has 1 nitrogen and oxygen atoms in total. The van der Waals surface area contributed by atoms with Crippen molar-refractivity contribution in [1.82, 2.24) is 0 Å². The second kappa shape index (κ2) is 13.7. The highest BCUT2D eigenvalue weighted by molar-refractivity contribution is 7.26. The first-order chi connectivity index (χ1) is 26.8. The minimum absolute atomic E-state index is 1.11. The molecule has 1 heterocycles. The molecule has 0 amide bonds. The number of anilines is 3. The van der Waals surface area contributed by atoms with Crippen LogP contribution in [0.1, 0.15) is 0 Å². The van der Waals surface area contributed by atoms with E-state index in [9.17, 15) is 0 Å². The maximum absolute atomic E-state index is 2.48. The molecule has 0 aliphatic carbocycles. The number of fused-ring (bicyclic) bond motifs is 4. The predicted octanol–water partition coefficient (Wildman–Crippen LogP) is 15.3. The summed E-state index contributed by atoms with van der Waals surface area (Å²) in [5.41, 5.74) is 13.0. The van der Waals surface area contributed by atoms with Crippen molar-refractivity contribution in [3.8, 4) is 44.5 Å². The van der Waals surface area contributed by atoms with Crippen LogP contribution in [0.5, 0.6) is 0 Å². The van der Waals surface area contributed by atoms with Gasteiger partial charge in [0.25, 0.3) is 0 Å². The fourth-order valence-electron chi connectivity index (χ4n) is 7.86. The van der Waals surface area contributed by atoms with Crippen LogP contribution in [0.25, 0.3) is 75.5 Å². The number of benzene rings is 9. The summed E-state index contributed by atoms with van der Waals surface area (Å²) in [7, 11) is 0. The van der Waals surface area contributed by atoms with Gasteiger partial charge in [0.05, 0.1) is 16.1 Å². The third kappa shape index (κ3) is 5.74. The van der Waals surface area contributed by atoms with E-state index in [2.05, 4.69) is 217 Å². The van der Waals surface area contributed by atoms with E-state index >= 15 is 0 Å². The lowest BCUT2D eigenvalue weighted by Gasteiger charge is -2.29. The van der Waals surface area contributed by atoms with Gasteiger partial charge in [-0.2, -0.15) is 0 Å². The van der Waals surface area contributed by atoms with Crippen LogP contribution in [0.4, 0.5) is 17.1 Å². The summed E-state index contributed by atoms with van der Waals surface area (Å²) in [5.74, 6) is 0. The van der Waals surface area contributed by atoms with Crippen molar-refractivity contribution in [1.29, 1.82) is 0 Å². The highest BCUT2D eigenvalue weighted by Gasteiger charge is 2.22. The lowest BCUT2D eigenvalue weighted by atomic mass is 9.93. The summed E-state index contributed by atoms with van der Waals surface area (Å²) in [6, 6.07) is 77.2. The number of para-hydroxylation sites is 1. The van der Waals surface area contributed by atoms with Crippen LogP contribution in [0, 0.1) is 0 Å². The first-order valence-electron chi connectivity index (χ1n) is 18.4. The second-order valence-corrected chi connectivity index (χ2v) is 14.8. The van der Waals surface area contributed by atoms with E-state index < -0.39 is 0 Å². The zero-order valence-corrected chi connectivity index (χ0v) is 30.4. The van der Waals surface area contributed by atoms with Crippen LogP contribution in [0.15, 0.2) is 212 Å². The van der Waals surface area contributed by atoms with Gasteiger partial charge in [-0.3, -0.25) is 0 Å². The van der Waals surface area contributed by atoms with E-state index in [1.165, 1.54) is 81.1 Å². The van der Waals surface area contributed by atoms with Crippen molar-refractivity contribution < 1.29 is 0 Å². The predicted molar refractivity (Wildman–Crippen MR) is 233 cm³/mol. The molecule has 2 heteroatoms. The second-order valence-electron chi connectivity index (χ2n) is 13.7. The summed E-state index contributed by atoms with van der Waals surface area (Å²) >= 11 is 1.87. The van der Waals surface area contributed by atoms with E-state index in [1.54, 1.807) is 0 Å². The van der Waals surface area contributed by atoms with E-state index in [0.717, 1.165) is 11.4 Å². The van der Waals surface area contributed by atoms with Gasteiger partial charge < -0.3 is 4.90 Å². The molecule has 10 aromatic rings. The molecule has 1 aromatic heterocycles. The number of thiophene rings is 1. The van der Waals surface area contributed by atoms with E-state index in [1.807, 2.05) is 11.3 Å². The van der Waals surface area contributed by atoms with Gasteiger partial charge in [-0.05, 0) is 92.2 Å². The topological polar surface area (TPSA) is 3.24 Å². The minimum Gasteiger partial charge on any atom is -0.308 e. The highest BCUT2D eigenvalue weighted by atomic mass is 32.1. The van der Waals surface area contributed by atoms with Crippen LogP contribution < -0.4 is 4.90 Å². The van der Waals surface area contributed by atoms with Gasteiger partial charge >= 0.3 is 0 Å². The van der Waals surface area contributed by atoms with E-state index in [-0.39, 0.29) is 0 Å². The third-order valence-electron chi connectivity index (χ3n) is 10.5. The Hall–Kier alpha value is -6.74. The molecule has 254 valence electrons. The average Bonchev–Trinajstić information content (AvgIpc) is 3.64. The lowest BCUT2D eigenvalue weighted by molar-refractivity contribution is 1.30. The van der Waals surface area contributed by atoms with Crippen LogP contribution in [-0.4, -0.2) is 0 Å². The molecular weight excluding hydrogens is 671 g/mol. The maximum atomic E-state index is 2.48. The van der Waals surface area contributed by atoms with Gasteiger partial charge in [-0.15, -0.1) is 11.3 Å². The number of nitrogens with zero attached hydrogens (tertiary/aromatic N) is 1. The van der Waals surface area contributed by atoms with Crippen LogP contribution in [-0.2, 0) is 0 Å². The van der Waals surface area contributed by atoms with Crippen molar-refractivity contribution in [3.05, 3.63) is 212 Å². The molecule has 0 aliphatic rings. The summed E-state index contributed by atoms with van der Waals surface area (Å²) in [4.78, 5) is 2.48. The fraction of sp³-hybridized carbons (Fsp3) is 0. The van der Waals surface area contributed by atoms with Gasteiger partial charge in [0.2, 0.25) is 0 Å². The minimum atomic E-state index is 1.11. The molecular formula is C52H35NS. The standard InChI is InChI=1S/C52H35NS/c1-3-16-37(17-4-1)44-32-31-43(35-48(44)38-18-5-2-6-19-38)53(50-27-14-25-47-46-24-10-12-28-51(46)54-52(47)50)49-26-11-9-23-45(49)42-22-13-21-40(34-42)41-30-29-36-15-7-8-20-39(36)33-41/h1-35H. The van der Waals surface area contributed by atoms with E-state index in [4.69, 9.17) is 0 Å². The fourth-order valence-corrected chi connectivity index (χ4v) is 9.07. The van der Waals surface area contributed by atoms with Crippen molar-refractivity contribution in [3.63, 3.8) is 0 Å². The Balaban J connectivity index is 1.21.